The summed E-state index contributed by atoms with van der Waals surface area (Å²) in [6.45, 7) is 0. The van der Waals surface area contributed by atoms with Gasteiger partial charge in [-0.3, -0.25) is 25.2 Å². The third-order valence-corrected chi connectivity index (χ3v) is 4.37. The lowest BCUT2D eigenvalue weighted by molar-refractivity contribution is -0.121. The molecule has 0 atom stereocenters. The van der Waals surface area contributed by atoms with Gasteiger partial charge in [-0.05, 0) is 36.4 Å². The molecule has 120 valence electrons. The number of hydrogen-bond donors (Lipinski definition) is 2. The van der Waals surface area contributed by atoms with Crippen molar-refractivity contribution in [3.05, 3.63) is 56.2 Å². The van der Waals surface area contributed by atoms with Crippen molar-refractivity contribution in [3.8, 4) is 0 Å². The van der Waals surface area contributed by atoms with Crippen LogP contribution in [0.5, 0.6) is 0 Å². The quantitative estimate of drug-likeness (QED) is 0.624. The summed E-state index contributed by atoms with van der Waals surface area (Å²) in [5.74, 6) is -1.09. The summed E-state index contributed by atoms with van der Waals surface area (Å²) >= 11 is 12.6. The summed E-state index contributed by atoms with van der Waals surface area (Å²) in [6.07, 6.45) is 0.00867. The van der Waals surface area contributed by atoms with E-state index in [1.165, 1.54) is 23.5 Å². The molecule has 2 amide bonds. The fraction of sp³-hybridized carbons (Fsp3) is 0.133. The van der Waals surface area contributed by atoms with Crippen molar-refractivity contribution in [1.29, 1.82) is 0 Å². The van der Waals surface area contributed by atoms with Crippen molar-refractivity contribution >= 4 is 52.1 Å². The second kappa shape index (κ2) is 8.10. The Morgan fingerprint density at radius 3 is 2.22 bits per heavy atom. The monoisotopic (exact) mass is 370 g/mol. The van der Waals surface area contributed by atoms with Crippen LogP contribution in [0.4, 0.5) is 0 Å². The Kier molecular flexibility index (Phi) is 6.15. The highest BCUT2D eigenvalue weighted by Gasteiger charge is 2.12. The van der Waals surface area contributed by atoms with Crippen LogP contribution < -0.4 is 10.9 Å². The van der Waals surface area contributed by atoms with Crippen molar-refractivity contribution in [2.45, 2.75) is 12.8 Å². The van der Waals surface area contributed by atoms with Gasteiger partial charge in [-0.25, -0.2) is 0 Å². The lowest BCUT2D eigenvalue weighted by Gasteiger charge is -2.07. The molecule has 2 aromatic rings. The third-order valence-electron chi connectivity index (χ3n) is 2.85. The fourth-order valence-corrected chi connectivity index (χ4v) is 2.81. The van der Waals surface area contributed by atoms with Crippen LogP contribution in [0.3, 0.4) is 0 Å². The molecule has 0 spiro atoms. The summed E-state index contributed by atoms with van der Waals surface area (Å²) < 4.78 is 0.521. The molecule has 1 aromatic heterocycles. The molecule has 0 unspecified atom stereocenters. The van der Waals surface area contributed by atoms with Gasteiger partial charge in [0.1, 0.15) is 0 Å². The number of nitrogens with one attached hydrogen (secondary N) is 2. The maximum Gasteiger partial charge on any atom is 0.269 e. The first-order valence-electron chi connectivity index (χ1n) is 6.59. The van der Waals surface area contributed by atoms with E-state index in [0.29, 0.717) is 19.8 Å². The van der Waals surface area contributed by atoms with E-state index in [1.54, 1.807) is 24.3 Å². The number of Topliss-reactive ketones (excluding diaryl/α,β-unsaturated/α-hetero) is 1. The molecule has 2 rings (SSSR count). The zero-order valence-corrected chi connectivity index (χ0v) is 14.1. The van der Waals surface area contributed by atoms with Crippen LogP contribution in [-0.2, 0) is 4.79 Å². The highest BCUT2D eigenvalue weighted by Crippen LogP contribution is 2.22. The molecule has 1 heterocycles. The van der Waals surface area contributed by atoms with Crippen molar-refractivity contribution in [3.63, 3.8) is 0 Å². The molecule has 0 aliphatic rings. The van der Waals surface area contributed by atoms with E-state index in [2.05, 4.69) is 10.9 Å². The molecular formula is C15H12Cl2N2O3S. The molecule has 2 N–H and O–H groups in total. The molecule has 5 nitrogen and oxygen atoms in total. The predicted molar refractivity (Wildman–Crippen MR) is 90.0 cm³/mol. The molecule has 0 saturated carbocycles. The Labute approximate surface area is 146 Å². The van der Waals surface area contributed by atoms with Gasteiger partial charge in [-0.1, -0.05) is 23.2 Å². The van der Waals surface area contributed by atoms with Gasteiger partial charge in [0.15, 0.2) is 5.78 Å². The summed E-state index contributed by atoms with van der Waals surface area (Å²) in [5.41, 5.74) is 4.90. The minimum Gasteiger partial charge on any atom is -0.293 e. The second-order valence-corrected chi connectivity index (χ2v) is 6.69. The van der Waals surface area contributed by atoms with Crippen LogP contribution in [0.1, 0.15) is 32.9 Å². The molecule has 0 aliphatic heterocycles. The van der Waals surface area contributed by atoms with E-state index in [9.17, 15) is 14.4 Å². The minimum atomic E-state index is -0.466. The van der Waals surface area contributed by atoms with Gasteiger partial charge in [0.25, 0.3) is 5.91 Å². The van der Waals surface area contributed by atoms with Crippen LogP contribution in [0, 0.1) is 0 Å². The smallest absolute Gasteiger partial charge is 0.269 e. The number of hydrogen-bond acceptors (Lipinski definition) is 4. The van der Waals surface area contributed by atoms with E-state index in [1.807, 2.05) is 0 Å². The van der Waals surface area contributed by atoms with Gasteiger partial charge < -0.3 is 0 Å². The van der Waals surface area contributed by atoms with Gasteiger partial charge in [-0.15, -0.1) is 11.3 Å². The Hall–Kier alpha value is -1.89. The lowest BCUT2D eigenvalue weighted by Crippen LogP contribution is -2.41. The topological polar surface area (TPSA) is 75.3 Å². The van der Waals surface area contributed by atoms with Crippen LogP contribution in [0.25, 0.3) is 0 Å². The Morgan fingerprint density at radius 2 is 1.61 bits per heavy atom. The first-order valence-corrected chi connectivity index (χ1v) is 8.16. The summed E-state index contributed by atoms with van der Waals surface area (Å²) in [6, 6.07) is 9.47. The Morgan fingerprint density at radius 1 is 0.913 bits per heavy atom. The number of amides is 2. The summed E-state index contributed by atoms with van der Waals surface area (Å²) in [4.78, 5) is 35.8. The predicted octanol–water partition coefficient (Wildman–Crippen LogP) is 3.48. The standard InChI is InChI=1S/C15H12Cl2N2O3S/c16-10-3-1-9(2-4-10)15(22)19-18-14(21)8-5-11(20)12-6-7-13(17)23-12/h1-4,6-7H,5,8H2,(H,18,21)(H,19,22). The molecular weight excluding hydrogens is 359 g/mol. The van der Waals surface area contributed by atoms with Crippen LogP contribution in [-0.4, -0.2) is 17.6 Å². The van der Waals surface area contributed by atoms with Crippen molar-refractivity contribution in [2.75, 3.05) is 0 Å². The lowest BCUT2D eigenvalue weighted by atomic mass is 10.2. The SMILES string of the molecule is O=C(CCC(=O)c1ccc(Cl)s1)NNC(=O)c1ccc(Cl)cc1. The van der Waals surface area contributed by atoms with Crippen LogP contribution >= 0.6 is 34.5 Å². The number of ketones is 1. The molecule has 23 heavy (non-hydrogen) atoms. The molecule has 0 radical (unpaired) electrons. The number of benzene rings is 1. The Balaban J connectivity index is 1.75. The number of carbonyl (C=O) groups is 3. The fourth-order valence-electron chi connectivity index (χ4n) is 1.68. The van der Waals surface area contributed by atoms with Crippen LogP contribution in [0.2, 0.25) is 9.36 Å². The van der Waals surface area contributed by atoms with Gasteiger partial charge >= 0.3 is 0 Å². The first kappa shape index (κ1) is 17.5. The third kappa shape index (κ3) is 5.35. The van der Waals surface area contributed by atoms with Crippen molar-refractivity contribution in [2.24, 2.45) is 0 Å². The normalized spacial score (nSPS) is 10.2. The largest absolute Gasteiger partial charge is 0.293 e. The number of rotatable bonds is 5. The number of thiophene rings is 1. The molecule has 0 aliphatic carbocycles. The van der Waals surface area contributed by atoms with Gasteiger partial charge in [-0.2, -0.15) is 0 Å². The molecule has 1 aromatic carbocycles. The van der Waals surface area contributed by atoms with E-state index in [4.69, 9.17) is 23.2 Å². The summed E-state index contributed by atoms with van der Waals surface area (Å²) in [5, 5.41) is 0.512. The molecule has 8 heteroatoms. The van der Waals surface area contributed by atoms with Crippen molar-refractivity contribution < 1.29 is 14.4 Å². The van der Waals surface area contributed by atoms with Crippen molar-refractivity contribution in [1.82, 2.24) is 10.9 Å². The second-order valence-electron chi connectivity index (χ2n) is 4.54. The Bertz CT molecular complexity index is 729. The van der Waals surface area contributed by atoms with Gasteiger partial charge in [0.05, 0.1) is 9.21 Å². The average Bonchev–Trinajstić information content (AvgIpc) is 2.97. The number of hydrazine groups is 1. The van der Waals surface area contributed by atoms with E-state index in [0.717, 1.165) is 0 Å². The zero-order valence-electron chi connectivity index (χ0n) is 11.8. The van der Waals surface area contributed by atoms with Crippen LogP contribution in [0.15, 0.2) is 36.4 Å². The summed E-state index contributed by atoms with van der Waals surface area (Å²) in [7, 11) is 0. The highest BCUT2D eigenvalue weighted by atomic mass is 35.5. The maximum atomic E-state index is 11.8. The van der Waals surface area contributed by atoms with E-state index >= 15 is 0 Å². The number of carbonyl (C=O) groups excluding carboxylic acids is 3. The van der Waals surface area contributed by atoms with E-state index in [-0.39, 0.29) is 18.6 Å². The van der Waals surface area contributed by atoms with E-state index < -0.39 is 11.8 Å². The highest BCUT2D eigenvalue weighted by molar-refractivity contribution is 7.18. The van der Waals surface area contributed by atoms with Gasteiger partial charge in [0, 0.05) is 23.4 Å². The minimum absolute atomic E-state index is 0.0325. The molecule has 0 bridgehead atoms. The number of halogens is 2. The van der Waals surface area contributed by atoms with Gasteiger partial charge in [0.2, 0.25) is 5.91 Å². The zero-order chi connectivity index (χ0) is 16.8. The molecule has 0 saturated heterocycles. The average molecular weight is 371 g/mol. The molecule has 0 fully saturated rings. The first-order chi connectivity index (χ1) is 11.0. The maximum absolute atomic E-state index is 11.8.